The molecule has 1 aromatic carbocycles. The summed E-state index contributed by atoms with van der Waals surface area (Å²) in [5.41, 5.74) is 8.04. The summed E-state index contributed by atoms with van der Waals surface area (Å²) in [5, 5.41) is 21.1. The number of hydrogen-bond donors (Lipinski definition) is 3. The van der Waals surface area contributed by atoms with E-state index in [1.54, 1.807) is 0 Å². The third kappa shape index (κ3) is 3.71. The van der Waals surface area contributed by atoms with Gasteiger partial charge in [-0.1, -0.05) is 31.4 Å². The third-order valence-electron chi connectivity index (χ3n) is 5.29. The van der Waals surface area contributed by atoms with Crippen molar-refractivity contribution in [1.82, 2.24) is 24.5 Å². The minimum atomic E-state index is -0.971. The molecule has 4 aromatic rings. The summed E-state index contributed by atoms with van der Waals surface area (Å²) in [6, 6.07) is 7.86. The Bertz CT molecular complexity index is 1320. The number of anilines is 1. The van der Waals surface area contributed by atoms with Crippen molar-refractivity contribution in [3.8, 4) is 22.7 Å². The van der Waals surface area contributed by atoms with Gasteiger partial charge in [0.15, 0.2) is 27.8 Å². The standard InChI is InChI=1S/C22H22N6O2S2/c1-2-3-4-5-10-15-25-18(23)16-19(26-15)28(22-17(30)13(29)11-31-22)20(27-16)21-24-12-8-6-7-9-14(12)32-21/h6-9,13,17,22,29-30H,2-4,11H2,1H3,(H2,23,25,26)/t13-,17-,22-/m1/s1. The zero-order valence-corrected chi connectivity index (χ0v) is 19.0. The van der Waals surface area contributed by atoms with E-state index in [1.807, 2.05) is 28.8 Å². The van der Waals surface area contributed by atoms with E-state index in [0.29, 0.717) is 33.6 Å². The topological polar surface area (TPSA) is 123 Å². The van der Waals surface area contributed by atoms with Crippen LogP contribution in [-0.4, -0.2) is 52.7 Å². The number of fused-ring (bicyclic) bond motifs is 2. The highest BCUT2D eigenvalue weighted by Gasteiger charge is 2.39. The summed E-state index contributed by atoms with van der Waals surface area (Å²) in [5.74, 6) is 7.59. The lowest BCUT2D eigenvalue weighted by atomic mass is 10.2. The number of imidazole rings is 1. The highest BCUT2D eigenvalue weighted by atomic mass is 32.2. The van der Waals surface area contributed by atoms with Gasteiger partial charge in [0, 0.05) is 12.2 Å². The molecule has 0 saturated carbocycles. The average Bonchev–Trinajstić information content (AvgIpc) is 3.47. The van der Waals surface area contributed by atoms with Gasteiger partial charge >= 0.3 is 0 Å². The zero-order chi connectivity index (χ0) is 22.2. The first kappa shape index (κ1) is 21.2. The molecule has 5 rings (SSSR count). The van der Waals surface area contributed by atoms with Gasteiger partial charge in [0.1, 0.15) is 11.5 Å². The van der Waals surface area contributed by atoms with E-state index in [-0.39, 0.29) is 5.82 Å². The van der Waals surface area contributed by atoms with Crippen molar-refractivity contribution >= 4 is 50.3 Å². The summed E-state index contributed by atoms with van der Waals surface area (Å²) in [7, 11) is 0. The predicted octanol–water partition coefficient (Wildman–Crippen LogP) is 3.19. The number of unbranched alkanes of at least 4 members (excludes halogenated alkanes) is 2. The molecule has 1 aliphatic rings. The van der Waals surface area contributed by atoms with Crippen LogP contribution in [0.2, 0.25) is 0 Å². The van der Waals surface area contributed by atoms with E-state index >= 15 is 0 Å². The number of rotatable bonds is 4. The lowest BCUT2D eigenvalue weighted by Crippen LogP contribution is -2.28. The highest BCUT2D eigenvalue weighted by molar-refractivity contribution is 7.99. The Balaban J connectivity index is 1.71. The van der Waals surface area contributed by atoms with Gasteiger partial charge in [-0.2, -0.15) is 0 Å². The number of benzene rings is 1. The van der Waals surface area contributed by atoms with Gasteiger partial charge in [-0.15, -0.1) is 23.1 Å². The molecule has 4 N–H and O–H groups in total. The Morgan fingerprint density at radius 3 is 2.78 bits per heavy atom. The van der Waals surface area contributed by atoms with Crippen LogP contribution in [0.1, 0.15) is 37.4 Å². The first-order chi connectivity index (χ1) is 15.6. The fourth-order valence-corrected chi connectivity index (χ4v) is 5.90. The van der Waals surface area contributed by atoms with Crippen LogP contribution in [-0.2, 0) is 0 Å². The number of nitrogen functional groups attached to an aromatic ring is 1. The molecule has 1 saturated heterocycles. The number of hydrogen-bond acceptors (Lipinski definition) is 9. The fraction of sp³-hybridized carbons (Fsp3) is 0.364. The SMILES string of the molecule is CCCCC#Cc1nc(N)c2nc(-c3nc4ccccc4s3)n([C@@H]3SC[C@@H](O)[C@H]3O)c2n1. The van der Waals surface area contributed by atoms with Crippen LogP contribution in [0.5, 0.6) is 0 Å². The Hall–Kier alpha value is -2.71. The van der Waals surface area contributed by atoms with Gasteiger partial charge in [-0.3, -0.25) is 4.57 Å². The smallest absolute Gasteiger partial charge is 0.208 e. The van der Waals surface area contributed by atoms with E-state index in [1.165, 1.54) is 23.1 Å². The number of nitrogens with zero attached hydrogens (tertiary/aromatic N) is 5. The monoisotopic (exact) mass is 466 g/mol. The molecule has 0 aliphatic carbocycles. The van der Waals surface area contributed by atoms with Crippen LogP contribution in [0.4, 0.5) is 5.82 Å². The Morgan fingerprint density at radius 2 is 2.03 bits per heavy atom. The second kappa shape index (κ2) is 8.67. The maximum absolute atomic E-state index is 10.7. The molecule has 10 heteroatoms. The van der Waals surface area contributed by atoms with Crippen LogP contribution >= 0.6 is 23.1 Å². The highest BCUT2D eigenvalue weighted by Crippen LogP contribution is 2.42. The van der Waals surface area contributed by atoms with Crippen molar-refractivity contribution in [1.29, 1.82) is 0 Å². The minimum absolute atomic E-state index is 0.230. The number of thioether (sulfide) groups is 1. The predicted molar refractivity (Wildman–Crippen MR) is 128 cm³/mol. The van der Waals surface area contributed by atoms with Crippen molar-refractivity contribution in [2.24, 2.45) is 0 Å². The first-order valence-corrected chi connectivity index (χ1v) is 12.3. The van der Waals surface area contributed by atoms with Crippen molar-refractivity contribution in [2.45, 2.75) is 43.8 Å². The van der Waals surface area contributed by atoms with E-state index in [4.69, 9.17) is 15.7 Å². The van der Waals surface area contributed by atoms with Crippen LogP contribution in [0, 0.1) is 11.8 Å². The number of aromatic nitrogens is 5. The van der Waals surface area contributed by atoms with Gasteiger partial charge in [-0.05, 0) is 24.5 Å². The van der Waals surface area contributed by atoms with E-state index < -0.39 is 17.6 Å². The van der Waals surface area contributed by atoms with E-state index in [9.17, 15) is 10.2 Å². The van der Waals surface area contributed by atoms with Gasteiger partial charge in [0.2, 0.25) is 5.82 Å². The third-order valence-corrected chi connectivity index (χ3v) is 7.68. The van der Waals surface area contributed by atoms with Gasteiger partial charge < -0.3 is 15.9 Å². The number of thiazole rings is 1. The molecule has 3 aromatic heterocycles. The maximum atomic E-state index is 10.7. The molecule has 4 heterocycles. The molecule has 0 spiro atoms. The summed E-state index contributed by atoms with van der Waals surface area (Å²) in [6.07, 6.45) is 1.03. The molecule has 0 bridgehead atoms. The molecule has 32 heavy (non-hydrogen) atoms. The van der Waals surface area contributed by atoms with E-state index in [0.717, 1.165) is 29.5 Å². The summed E-state index contributed by atoms with van der Waals surface area (Å²) in [6.45, 7) is 2.11. The van der Waals surface area contributed by atoms with Gasteiger partial charge in [-0.25, -0.2) is 19.9 Å². The molecular formula is C22H22N6O2S2. The fourth-order valence-electron chi connectivity index (χ4n) is 3.63. The lowest BCUT2D eigenvalue weighted by Gasteiger charge is -2.19. The summed E-state index contributed by atoms with van der Waals surface area (Å²) in [4.78, 5) is 18.5. The molecule has 1 fully saturated rings. The van der Waals surface area contributed by atoms with Gasteiger partial charge in [0.25, 0.3) is 0 Å². The van der Waals surface area contributed by atoms with Crippen molar-refractivity contribution < 1.29 is 10.2 Å². The molecule has 3 atom stereocenters. The Kier molecular flexibility index (Phi) is 5.73. The largest absolute Gasteiger partial charge is 0.389 e. The van der Waals surface area contributed by atoms with Crippen molar-refractivity contribution in [2.75, 3.05) is 11.5 Å². The van der Waals surface area contributed by atoms with Crippen LogP contribution in [0.25, 0.3) is 32.2 Å². The summed E-state index contributed by atoms with van der Waals surface area (Å²) >= 11 is 2.95. The molecule has 0 radical (unpaired) electrons. The second-order valence-electron chi connectivity index (χ2n) is 7.58. The van der Waals surface area contributed by atoms with Crippen LogP contribution in [0.3, 0.4) is 0 Å². The van der Waals surface area contributed by atoms with Gasteiger partial charge in [0.05, 0.1) is 16.3 Å². The Morgan fingerprint density at radius 1 is 1.19 bits per heavy atom. The second-order valence-corrected chi connectivity index (χ2v) is 9.76. The molecular weight excluding hydrogens is 444 g/mol. The maximum Gasteiger partial charge on any atom is 0.208 e. The number of aliphatic hydroxyl groups is 2. The van der Waals surface area contributed by atoms with E-state index in [2.05, 4.69) is 28.7 Å². The van der Waals surface area contributed by atoms with Crippen LogP contribution in [0.15, 0.2) is 24.3 Å². The Labute approximate surface area is 192 Å². The first-order valence-electron chi connectivity index (χ1n) is 10.4. The lowest BCUT2D eigenvalue weighted by molar-refractivity contribution is 0.0316. The molecule has 164 valence electrons. The number of aliphatic hydroxyl groups excluding tert-OH is 2. The molecule has 8 nitrogen and oxygen atoms in total. The summed E-state index contributed by atoms with van der Waals surface area (Å²) < 4.78 is 2.86. The number of para-hydroxylation sites is 1. The molecule has 0 amide bonds. The molecule has 1 aliphatic heterocycles. The quantitative estimate of drug-likeness (QED) is 0.310. The molecule has 0 unspecified atom stereocenters. The van der Waals surface area contributed by atoms with Crippen LogP contribution < -0.4 is 5.73 Å². The average molecular weight is 467 g/mol. The van der Waals surface area contributed by atoms with Crippen molar-refractivity contribution in [3.63, 3.8) is 0 Å². The minimum Gasteiger partial charge on any atom is -0.389 e. The number of nitrogens with two attached hydrogens (primary N) is 1. The van der Waals surface area contributed by atoms with Crippen molar-refractivity contribution in [3.05, 3.63) is 30.1 Å². The normalized spacial score (nSPS) is 20.7. The zero-order valence-electron chi connectivity index (χ0n) is 17.4.